The molecule has 1 heterocycles. The van der Waals surface area contributed by atoms with Gasteiger partial charge in [-0.25, -0.2) is 9.59 Å². The molecule has 0 saturated carbocycles. The molecule has 1 atom stereocenters. The zero-order valence-corrected chi connectivity index (χ0v) is 13.7. The monoisotopic (exact) mass is 360 g/mol. The molecule has 1 aromatic carbocycles. The van der Waals surface area contributed by atoms with Crippen molar-refractivity contribution in [3.63, 3.8) is 0 Å². The molecule has 7 nitrogen and oxygen atoms in total. The Kier molecular flexibility index (Phi) is 4.91. The highest BCUT2D eigenvalue weighted by Gasteiger charge is 2.35. The van der Waals surface area contributed by atoms with Crippen molar-refractivity contribution in [2.75, 3.05) is 6.61 Å². The van der Waals surface area contributed by atoms with Gasteiger partial charge in [-0.15, -0.1) is 0 Å². The fraction of sp³-hybridized carbons (Fsp3) is 0.286. The SMILES string of the molecule is CCOC(=O)C1=C(C)NC(=O)NC1c1cc(Cl)c(O)c(Cl)c1O. The van der Waals surface area contributed by atoms with E-state index in [1.54, 1.807) is 6.92 Å². The number of phenols is 2. The minimum Gasteiger partial charge on any atom is -0.506 e. The summed E-state index contributed by atoms with van der Waals surface area (Å²) in [6.45, 7) is 3.31. The van der Waals surface area contributed by atoms with Gasteiger partial charge < -0.3 is 25.6 Å². The molecule has 4 N–H and O–H groups in total. The van der Waals surface area contributed by atoms with Gasteiger partial charge in [-0.3, -0.25) is 0 Å². The van der Waals surface area contributed by atoms with E-state index >= 15 is 0 Å². The van der Waals surface area contributed by atoms with Gasteiger partial charge in [0.15, 0.2) is 5.75 Å². The molecule has 23 heavy (non-hydrogen) atoms. The lowest BCUT2D eigenvalue weighted by molar-refractivity contribution is -0.139. The number of nitrogens with one attached hydrogen (secondary N) is 2. The number of carbonyl (C=O) groups excluding carboxylic acids is 2. The first-order valence-corrected chi connectivity index (χ1v) is 7.38. The quantitative estimate of drug-likeness (QED) is 0.619. The van der Waals surface area contributed by atoms with Crippen LogP contribution in [0.15, 0.2) is 17.3 Å². The second-order valence-corrected chi connectivity index (χ2v) is 5.53. The number of ether oxygens (including phenoxy) is 1. The summed E-state index contributed by atoms with van der Waals surface area (Å²) in [6.07, 6.45) is 0. The van der Waals surface area contributed by atoms with Crippen LogP contribution in [0.25, 0.3) is 0 Å². The molecule has 2 amide bonds. The van der Waals surface area contributed by atoms with Gasteiger partial charge in [0, 0.05) is 11.3 Å². The Morgan fingerprint density at radius 1 is 1.35 bits per heavy atom. The van der Waals surface area contributed by atoms with E-state index < -0.39 is 29.5 Å². The third-order valence-electron chi connectivity index (χ3n) is 3.27. The molecular formula is C14H14Cl2N2O5. The lowest BCUT2D eigenvalue weighted by atomic mass is 9.94. The lowest BCUT2D eigenvalue weighted by Gasteiger charge is -2.28. The van der Waals surface area contributed by atoms with Gasteiger partial charge in [0.25, 0.3) is 0 Å². The van der Waals surface area contributed by atoms with E-state index in [2.05, 4.69) is 10.6 Å². The first-order valence-electron chi connectivity index (χ1n) is 6.63. The average Bonchev–Trinajstić information content (AvgIpc) is 2.48. The Morgan fingerprint density at radius 3 is 2.61 bits per heavy atom. The van der Waals surface area contributed by atoms with E-state index in [-0.39, 0.29) is 33.5 Å². The number of allylic oxidation sites excluding steroid dienone is 1. The van der Waals surface area contributed by atoms with E-state index in [0.29, 0.717) is 0 Å². The molecule has 0 aromatic heterocycles. The Hall–Kier alpha value is -2.12. The molecule has 0 spiro atoms. The number of urea groups is 1. The normalized spacial score (nSPS) is 17.6. The molecule has 124 valence electrons. The van der Waals surface area contributed by atoms with Crippen molar-refractivity contribution < 1.29 is 24.5 Å². The van der Waals surface area contributed by atoms with E-state index in [1.807, 2.05) is 0 Å². The van der Waals surface area contributed by atoms with Crippen molar-refractivity contribution in [1.29, 1.82) is 0 Å². The fourth-order valence-electron chi connectivity index (χ4n) is 2.24. The summed E-state index contributed by atoms with van der Waals surface area (Å²) < 4.78 is 4.98. The van der Waals surface area contributed by atoms with Crippen LogP contribution in [-0.2, 0) is 9.53 Å². The number of hydrogen-bond donors (Lipinski definition) is 4. The van der Waals surface area contributed by atoms with Crippen LogP contribution in [-0.4, -0.2) is 28.8 Å². The van der Waals surface area contributed by atoms with Crippen LogP contribution in [0.5, 0.6) is 11.5 Å². The topological polar surface area (TPSA) is 108 Å². The molecule has 1 aliphatic heterocycles. The van der Waals surface area contributed by atoms with Crippen LogP contribution < -0.4 is 10.6 Å². The highest BCUT2D eigenvalue weighted by atomic mass is 35.5. The molecule has 1 aliphatic rings. The van der Waals surface area contributed by atoms with Crippen molar-refractivity contribution in [2.45, 2.75) is 19.9 Å². The Bertz CT molecular complexity index is 718. The molecule has 9 heteroatoms. The standard InChI is InChI=1S/C14H14Cl2N2O5/c1-3-23-13(21)8-5(2)17-14(22)18-10(8)6-4-7(15)12(20)9(16)11(6)19/h4,10,19-20H,3H2,1-2H3,(H2,17,18,22). The fourth-order valence-corrected chi connectivity index (χ4v) is 2.71. The minimum atomic E-state index is -1.03. The number of esters is 1. The highest BCUT2D eigenvalue weighted by molar-refractivity contribution is 6.38. The number of amides is 2. The summed E-state index contributed by atoms with van der Waals surface area (Å²) in [4.78, 5) is 23.9. The summed E-state index contributed by atoms with van der Waals surface area (Å²) in [5.41, 5.74) is 0.437. The Labute approximate surface area is 141 Å². The van der Waals surface area contributed by atoms with Crippen LogP contribution in [0.4, 0.5) is 4.79 Å². The summed E-state index contributed by atoms with van der Waals surface area (Å²) in [7, 11) is 0. The van der Waals surface area contributed by atoms with Gasteiger partial charge in [-0.2, -0.15) is 0 Å². The maximum absolute atomic E-state index is 12.2. The molecule has 0 saturated heterocycles. The zero-order chi connectivity index (χ0) is 17.3. The first kappa shape index (κ1) is 17.2. The maximum Gasteiger partial charge on any atom is 0.338 e. The number of hydrogen-bond acceptors (Lipinski definition) is 5. The predicted molar refractivity (Wildman–Crippen MR) is 83.5 cm³/mol. The number of carbonyl (C=O) groups is 2. The number of rotatable bonds is 3. The number of phenolic OH excluding ortho intramolecular Hbond substituents is 2. The van der Waals surface area contributed by atoms with Gasteiger partial charge in [-0.05, 0) is 19.9 Å². The molecule has 0 fully saturated rings. The summed E-state index contributed by atoms with van der Waals surface area (Å²) in [5, 5.41) is 24.3. The third kappa shape index (κ3) is 3.16. The van der Waals surface area contributed by atoms with Crippen molar-refractivity contribution >= 4 is 35.2 Å². The first-order chi connectivity index (χ1) is 10.8. The van der Waals surface area contributed by atoms with Crippen LogP contribution in [0.1, 0.15) is 25.5 Å². The minimum absolute atomic E-state index is 0.0649. The molecule has 0 bridgehead atoms. The largest absolute Gasteiger partial charge is 0.506 e. The van der Waals surface area contributed by atoms with Crippen molar-refractivity contribution in [3.05, 3.63) is 32.9 Å². The second-order valence-electron chi connectivity index (χ2n) is 4.75. The van der Waals surface area contributed by atoms with Gasteiger partial charge in [0.05, 0.1) is 23.2 Å². The smallest absolute Gasteiger partial charge is 0.338 e. The highest BCUT2D eigenvalue weighted by Crippen LogP contribution is 2.45. The molecule has 2 rings (SSSR count). The summed E-state index contributed by atoms with van der Waals surface area (Å²) in [6, 6.07) is -0.375. The second kappa shape index (κ2) is 6.55. The van der Waals surface area contributed by atoms with Crippen molar-refractivity contribution in [2.24, 2.45) is 0 Å². The molecule has 0 radical (unpaired) electrons. The van der Waals surface area contributed by atoms with Crippen LogP contribution >= 0.6 is 23.2 Å². The summed E-state index contributed by atoms with van der Waals surface area (Å²) in [5.74, 6) is -1.65. The maximum atomic E-state index is 12.2. The molecule has 1 aromatic rings. The van der Waals surface area contributed by atoms with Gasteiger partial charge >= 0.3 is 12.0 Å². The van der Waals surface area contributed by atoms with E-state index in [9.17, 15) is 19.8 Å². The summed E-state index contributed by atoms with van der Waals surface area (Å²) >= 11 is 11.7. The van der Waals surface area contributed by atoms with Gasteiger partial charge in [-0.1, -0.05) is 23.2 Å². The number of halogens is 2. The van der Waals surface area contributed by atoms with Crippen molar-refractivity contribution in [3.8, 4) is 11.5 Å². The lowest BCUT2D eigenvalue weighted by Crippen LogP contribution is -2.45. The van der Waals surface area contributed by atoms with E-state index in [0.717, 1.165) is 0 Å². The number of aromatic hydroxyl groups is 2. The van der Waals surface area contributed by atoms with Gasteiger partial charge in [0.1, 0.15) is 10.8 Å². The molecule has 0 aliphatic carbocycles. The zero-order valence-electron chi connectivity index (χ0n) is 12.2. The average molecular weight is 361 g/mol. The van der Waals surface area contributed by atoms with Crippen LogP contribution in [0, 0.1) is 0 Å². The predicted octanol–water partition coefficient (Wildman–Crippen LogP) is 2.60. The Morgan fingerprint density at radius 2 is 2.00 bits per heavy atom. The third-order valence-corrected chi connectivity index (χ3v) is 3.92. The van der Waals surface area contributed by atoms with Gasteiger partial charge in [0.2, 0.25) is 0 Å². The van der Waals surface area contributed by atoms with Crippen LogP contribution in [0.2, 0.25) is 10.0 Å². The van der Waals surface area contributed by atoms with Crippen molar-refractivity contribution in [1.82, 2.24) is 10.6 Å². The molecular weight excluding hydrogens is 347 g/mol. The Balaban J connectivity index is 2.62. The van der Waals surface area contributed by atoms with E-state index in [4.69, 9.17) is 27.9 Å². The molecule has 1 unspecified atom stereocenters. The van der Waals surface area contributed by atoms with Crippen LogP contribution in [0.3, 0.4) is 0 Å². The van der Waals surface area contributed by atoms with E-state index in [1.165, 1.54) is 13.0 Å². The number of benzene rings is 1.